The van der Waals surface area contributed by atoms with E-state index in [9.17, 15) is 5.11 Å². The molecule has 0 spiro atoms. The van der Waals surface area contributed by atoms with E-state index in [1.807, 2.05) is 12.1 Å². The summed E-state index contributed by atoms with van der Waals surface area (Å²) in [7, 11) is 0. The second-order valence-corrected chi connectivity index (χ2v) is 4.03. The average molecular weight is 262 g/mol. The van der Waals surface area contributed by atoms with E-state index in [2.05, 4.69) is 22.5 Å². The van der Waals surface area contributed by atoms with Crippen LogP contribution < -0.4 is 0 Å². The smallest absolute Gasteiger partial charge is 0.0839 e. The van der Waals surface area contributed by atoms with Crippen molar-refractivity contribution in [1.82, 2.24) is 0 Å². The fourth-order valence-corrected chi connectivity index (χ4v) is 1.68. The summed E-state index contributed by atoms with van der Waals surface area (Å²) < 4.78 is 0.912. The average Bonchev–Trinajstić information content (AvgIpc) is 2.09. The molecule has 0 fully saturated rings. The normalized spacial score (nSPS) is 12.5. The van der Waals surface area contributed by atoms with Crippen molar-refractivity contribution in [3.8, 4) is 0 Å². The van der Waals surface area contributed by atoms with Crippen LogP contribution in [0.4, 0.5) is 0 Å². The maximum absolute atomic E-state index is 9.65. The van der Waals surface area contributed by atoms with Crippen LogP contribution in [-0.2, 0) is 0 Å². The molecule has 0 aromatic heterocycles. The molecular formula is C10H10BrClO. The van der Waals surface area contributed by atoms with Crippen molar-refractivity contribution in [2.45, 2.75) is 12.5 Å². The molecular weight excluding hydrogens is 251 g/mol. The fraction of sp³-hybridized carbons (Fsp3) is 0.200. The van der Waals surface area contributed by atoms with Crippen LogP contribution in [-0.4, -0.2) is 5.11 Å². The molecule has 13 heavy (non-hydrogen) atoms. The van der Waals surface area contributed by atoms with Gasteiger partial charge in [0, 0.05) is 15.1 Å². The highest BCUT2D eigenvalue weighted by molar-refractivity contribution is 9.10. The first-order valence-electron chi connectivity index (χ1n) is 3.89. The minimum absolute atomic E-state index is 0.510. The second kappa shape index (κ2) is 4.80. The summed E-state index contributed by atoms with van der Waals surface area (Å²) in [5, 5.41) is 10.2. The Morgan fingerprint density at radius 1 is 1.62 bits per heavy atom. The SMILES string of the molecule is C=CCC(O)c1cc(Br)ccc1Cl. The number of rotatable bonds is 3. The van der Waals surface area contributed by atoms with Gasteiger partial charge in [-0.05, 0) is 24.6 Å². The highest BCUT2D eigenvalue weighted by Gasteiger charge is 2.09. The third-order valence-electron chi connectivity index (χ3n) is 1.71. The lowest BCUT2D eigenvalue weighted by Gasteiger charge is -2.10. The molecule has 0 aliphatic heterocycles. The molecule has 1 unspecified atom stereocenters. The van der Waals surface area contributed by atoms with Gasteiger partial charge in [-0.1, -0.05) is 33.6 Å². The Kier molecular flexibility index (Phi) is 3.97. The van der Waals surface area contributed by atoms with Crippen LogP contribution in [0.25, 0.3) is 0 Å². The van der Waals surface area contributed by atoms with Crippen LogP contribution in [0.3, 0.4) is 0 Å². The van der Waals surface area contributed by atoms with E-state index >= 15 is 0 Å². The maximum Gasteiger partial charge on any atom is 0.0839 e. The fourth-order valence-electron chi connectivity index (χ4n) is 1.05. The molecule has 0 amide bonds. The monoisotopic (exact) mass is 260 g/mol. The summed E-state index contributed by atoms with van der Waals surface area (Å²) in [6, 6.07) is 5.41. The van der Waals surface area contributed by atoms with E-state index in [0.717, 1.165) is 10.0 Å². The van der Waals surface area contributed by atoms with Crippen LogP contribution in [0.2, 0.25) is 5.02 Å². The quantitative estimate of drug-likeness (QED) is 0.822. The zero-order valence-corrected chi connectivity index (χ0v) is 9.35. The molecule has 0 aliphatic rings. The van der Waals surface area contributed by atoms with Gasteiger partial charge in [-0.3, -0.25) is 0 Å². The Hall–Kier alpha value is -0.310. The molecule has 1 rings (SSSR count). The molecule has 1 N–H and O–H groups in total. The molecule has 1 atom stereocenters. The van der Waals surface area contributed by atoms with Gasteiger partial charge in [-0.2, -0.15) is 0 Å². The highest BCUT2D eigenvalue weighted by atomic mass is 79.9. The lowest BCUT2D eigenvalue weighted by atomic mass is 10.1. The minimum Gasteiger partial charge on any atom is -0.388 e. The van der Waals surface area contributed by atoms with Gasteiger partial charge in [0.2, 0.25) is 0 Å². The zero-order chi connectivity index (χ0) is 9.84. The Labute approximate surface area is 91.2 Å². The third-order valence-corrected chi connectivity index (χ3v) is 2.54. The number of hydrogen-bond donors (Lipinski definition) is 1. The van der Waals surface area contributed by atoms with Crippen molar-refractivity contribution in [2.75, 3.05) is 0 Å². The molecule has 1 aromatic carbocycles. The Morgan fingerprint density at radius 3 is 2.92 bits per heavy atom. The van der Waals surface area contributed by atoms with E-state index in [1.54, 1.807) is 12.1 Å². The molecule has 0 saturated heterocycles. The van der Waals surface area contributed by atoms with Gasteiger partial charge in [-0.25, -0.2) is 0 Å². The van der Waals surface area contributed by atoms with E-state index in [1.165, 1.54) is 0 Å². The minimum atomic E-state index is -0.567. The van der Waals surface area contributed by atoms with E-state index < -0.39 is 6.10 Å². The van der Waals surface area contributed by atoms with Crippen molar-refractivity contribution in [3.63, 3.8) is 0 Å². The summed E-state index contributed by atoms with van der Waals surface area (Å²) in [5.41, 5.74) is 0.732. The molecule has 0 heterocycles. The van der Waals surface area contributed by atoms with Crippen LogP contribution in [0.15, 0.2) is 35.3 Å². The number of benzene rings is 1. The van der Waals surface area contributed by atoms with Crippen molar-refractivity contribution < 1.29 is 5.11 Å². The third kappa shape index (κ3) is 2.83. The predicted octanol–water partition coefficient (Wildman–Crippen LogP) is 3.71. The van der Waals surface area contributed by atoms with Gasteiger partial charge >= 0.3 is 0 Å². The predicted molar refractivity (Wildman–Crippen MR) is 58.9 cm³/mol. The van der Waals surface area contributed by atoms with Crippen molar-refractivity contribution in [2.24, 2.45) is 0 Å². The molecule has 0 radical (unpaired) electrons. The van der Waals surface area contributed by atoms with E-state index in [4.69, 9.17) is 11.6 Å². The molecule has 1 nitrogen and oxygen atoms in total. The second-order valence-electron chi connectivity index (χ2n) is 2.71. The lowest BCUT2D eigenvalue weighted by Crippen LogP contribution is -1.96. The Morgan fingerprint density at radius 2 is 2.31 bits per heavy atom. The number of aliphatic hydroxyl groups is 1. The van der Waals surface area contributed by atoms with Gasteiger partial charge in [0.1, 0.15) is 0 Å². The number of aliphatic hydroxyl groups excluding tert-OH is 1. The summed E-state index contributed by atoms with van der Waals surface area (Å²) >= 11 is 9.23. The van der Waals surface area contributed by atoms with Crippen LogP contribution in [0, 0.1) is 0 Å². The van der Waals surface area contributed by atoms with Gasteiger partial charge in [0.25, 0.3) is 0 Å². The highest BCUT2D eigenvalue weighted by Crippen LogP contribution is 2.28. The summed E-state index contributed by atoms with van der Waals surface area (Å²) in [4.78, 5) is 0. The Balaban J connectivity index is 2.97. The maximum atomic E-state index is 9.65. The molecule has 0 bridgehead atoms. The lowest BCUT2D eigenvalue weighted by molar-refractivity contribution is 0.181. The molecule has 0 saturated carbocycles. The first kappa shape index (κ1) is 10.8. The summed E-state index contributed by atoms with van der Waals surface area (Å²) in [6.45, 7) is 3.56. The van der Waals surface area contributed by atoms with E-state index in [-0.39, 0.29) is 0 Å². The van der Waals surface area contributed by atoms with Gasteiger partial charge in [0.15, 0.2) is 0 Å². The topological polar surface area (TPSA) is 20.2 Å². The molecule has 70 valence electrons. The van der Waals surface area contributed by atoms with Gasteiger partial charge in [-0.15, -0.1) is 6.58 Å². The van der Waals surface area contributed by atoms with Crippen LogP contribution in [0.5, 0.6) is 0 Å². The van der Waals surface area contributed by atoms with Gasteiger partial charge in [0.05, 0.1) is 6.10 Å². The zero-order valence-electron chi connectivity index (χ0n) is 7.00. The number of halogens is 2. The molecule has 3 heteroatoms. The van der Waals surface area contributed by atoms with Gasteiger partial charge < -0.3 is 5.11 Å². The largest absolute Gasteiger partial charge is 0.388 e. The van der Waals surface area contributed by atoms with Crippen molar-refractivity contribution >= 4 is 27.5 Å². The summed E-state index contributed by atoms with van der Waals surface area (Å²) in [5.74, 6) is 0. The standard InChI is InChI=1S/C10H10BrClO/c1-2-3-10(13)8-6-7(11)4-5-9(8)12/h2,4-6,10,13H,1,3H2. The summed E-state index contributed by atoms with van der Waals surface area (Å²) in [6.07, 6.45) is 1.61. The van der Waals surface area contributed by atoms with Crippen LogP contribution in [0.1, 0.15) is 18.1 Å². The van der Waals surface area contributed by atoms with E-state index in [0.29, 0.717) is 11.4 Å². The number of hydrogen-bond acceptors (Lipinski definition) is 1. The first-order valence-corrected chi connectivity index (χ1v) is 5.06. The first-order chi connectivity index (χ1) is 6.15. The van der Waals surface area contributed by atoms with Crippen molar-refractivity contribution in [1.29, 1.82) is 0 Å². The molecule has 1 aromatic rings. The van der Waals surface area contributed by atoms with Crippen molar-refractivity contribution in [3.05, 3.63) is 45.9 Å². The Bertz CT molecular complexity index is 312. The molecule has 0 aliphatic carbocycles. The van der Waals surface area contributed by atoms with Crippen LogP contribution >= 0.6 is 27.5 Å².